The Morgan fingerprint density at radius 1 is 0.844 bits per heavy atom. The maximum atomic E-state index is 14.1. The van der Waals surface area contributed by atoms with Crippen molar-refractivity contribution in [1.29, 1.82) is 0 Å². The molecule has 4 unspecified atom stereocenters. The summed E-state index contributed by atoms with van der Waals surface area (Å²) < 4.78 is 17.7. The Hall–Kier alpha value is -6.87. The Labute approximate surface area is 454 Å². The largest absolute Gasteiger partial charge is 0.495 e. The van der Waals surface area contributed by atoms with Gasteiger partial charge in [0.1, 0.15) is 42.1 Å². The number of epoxide rings is 1. The fourth-order valence-electron chi connectivity index (χ4n) is 8.65. The van der Waals surface area contributed by atoms with Crippen molar-refractivity contribution < 1.29 is 67.0 Å². The van der Waals surface area contributed by atoms with Gasteiger partial charge in [-0.3, -0.25) is 38.4 Å². The van der Waals surface area contributed by atoms with Gasteiger partial charge in [0.25, 0.3) is 11.8 Å². The summed E-state index contributed by atoms with van der Waals surface area (Å²) in [6.07, 6.45) is 1.32. The average molecular weight is 1090 g/mol. The highest BCUT2D eigenvalue weighted by Gasteiger charge is 2.48. The first-order chi connectivity index (χ1) is 36.3. The highest BCUT2D eigenvalue weighted by molar-refractivity contribution is 6.32. The van der Waals surface area contributed by atoms with Crippen molar-refractivity contribution in [2.45, 2.75) is 169 Å². The number of hydrogen-bond acceptors (Lipinski definition) is 14. The Morgan fingerprint density at radius 3 is 2.13 bits per heavy atom. The number of benzene rings is 2. The topological polar surface area (TPSA) is 286 Å². The van der Waals surface area contributed by atoms with Gasteiger partial charge in [0.2, 0.25) is 35.4 Å². The molecule has 2 aromatic carbocycles. The molecule has 420 valence electrons. The first-order valence-corrected chi connectivity index (χ1v) is 26.5. The SMILES string of the molecule is COc1ccc(C[C@H]2NC(=O)/C=C/C[C@@H](C(C)[C@H]3O[C@@H]3c3ccc(CNC(=O)C(C)NC(=O)C(NC(=O)CCCC(=O)ON4C(=O)CCC4=O)C(C)C)cc3)OC(=O)[C@H](CC(C)C)NC(=O)C(C)(C)C(C)NC2=O)cc1Cl. The smallest absolute Gasteiger partial charge is 0.333 e. The molecule has 3 aliphatic heterocycles. The van der Waals surface area contributed by atoms with Crippen LogP contribution in [0.1, 0.15) is 130 Å². The van der Waals surface area contributed by atoms with Crippen molar-refractivity contribution in [1.82, 2.24) is 37.0 Å². The van der Waals surface area contributed by atoms with E-state index < -0.39 is 113 Å². The number of methoxy groups -OCH3 is 1. The molecule has 0 aliphatic carbocycles. The predicted molar refractivity (Wildman–Crippen MR) is 281 cm³/mol. The van der Waals surface area contributed by atoms with Crippen molar-refractivity contribution >= 4 is 70.8 Å². The summed E-state index contributed by atoms with van der Waals surface area (Å²) in [5.41, 5.74) is 1.02. The standard InChI is InChI=1S/C55H74ClN7O14/c1-29(2)25-39-53(72)75-40(13-11-14-42(64)60-38(27-35-19-22-41(74-10)37(56)26-35)51(70)59-33(7)55(8,9)54(73)61-39)31(5)48-49(76-48)36-20-17-34(18-21-36)28-57-50(69)32(6)58-52(71)47(30(3)4)62-43(65)15-12-16-46(68)77-63-44(66)23-24-45(63)67/h11,14,17-22,26,29-33,38-40,47-49H,12-13,15-16,23-25,27-28H2,1-10H3,(H,57,69)(H,58,71)(H,59,70)(H,60,64)(H,61,73)(H,62,65)/b14-11+/t31?,32?,33?,38-,39+,40+,47?,48-,49-/m1/s1. The first kappa shape index (κ1) is 61.0. The Balaban J connectivity index is 1.19. The number of rotatable bonds is 20. The van der Waals surface area contributed by atoms with E-state index in [1.807, 2.05) is 45.0 Å². The molecule has 2 aromatic rings. The number of carbonyl (C=O) groups excluding carboxylic acids is 10. The first-order valence-electron chi connectivity index (χ1n) is 26.1. The van der Waals surface area contributed by atoms with Gasteiger partial charge in [0.15, 0.2) is 0 Å². The summed E-state index contributed by atoms with van der Waals surface area (Å²) in [4.78, 5) is 135. The van der Waals surface area contributed by atoms with Gasteiger partial charge in [-0.25, -0.2) is 9.59 Å². The van der Waals surface area contributed by atoms with E-state index in [0.29, 0.717) is 21.4 Å². The third-order valence-electron chi connectivity index (χ3n) is 13.9. The van der Waals surface area contributed by atoms with E-state index in [0.717, 1.165) is 11.1 Å². The van der Waals surface area contributed by atoms with E-state index in [-0.39, 0.29) is 75.9 Å². The monoisotopic (exact) mass is 1090 g/mol. The molecule has 8 amide bonds. The average Bonchev–Trinajstić information content (AvgIpc) is 4.11. The minimum absolute atomic E-state index is 0.0109. The van der Waals surface area contributed by atoms with Crippen LogP contribution in [0.15, 0.2) is 54.6 Å². The number of hydrogen-bond donors (Lipinski definition) is 6. The zero-order valence-corrected chi connectivity index (χ0v) is 46.2. The second-order valence-electron chi connectivity index (χ2n) is 21.2. The summed E-state index contributed by atoms with van der Waals surface area (Å²) in [5.74, 6) is -6.18. The molecule has 3 heterocycles. The van der Waals surface area contributed by atoms with Crippen molar-refractivity contribution in [3.63, 3.8) is 0 Å². The maximum absolute atomic E-state index is 14.1. The molecule has 77 heavy (non-hydrogen) atoms. The van der Waals surface area contributed by atoms with Crippen LogP contribution in [0.3, 0.4) is 0 Å². The van der Waals surface area contributed by atoms with Gasteiger partial charge >= 0.3 is 11.9 Å². The summed E-state index contributed by atoms with van der Waals surface area (Å²) in [7, 11) is 1.49. The van der Waals surface area contributed by atoms with Crippen LogP contribution in [-0.2, 0) is 75.2 Å². The molecule has 22 heteroatoms. The van der Waals surface area contributed by atoms with Gasteiger partial charge < -0.3 is 50.9 Å². The van der Waals surface area contributed by atoms with Gasteiger partial charge in [-0.2, -0.15) is 0 Å². The van der Waals surface area contributed by atoms with Crippen LogP contribution in [0.4, 0.5) is 0 Å². The molecule has 6 N–H and O–H groups in total. The number of esters is 1. The molecule has 0 bridgehead atoms. The lowest BCUT2D eigenvalue weighted by atomic mass is 9.83. The molecule has 5 rings (SSSR count). The maximum Gasteiger partial charge on any atom is 0.333 e. The van der Waals surface area contributed by atoms with Crippen molar-refractivity contribution in [2.75, 3.05) is 7.11 Å². The van der Waals surface area contributed by atoms with Crippen LogP contribution < -0.4 is 36.6 Å². The van der Waals surface area contributed by atoms with Crippen LogP contribution in [0, 0.1) is 23.2 Å². The van der Waals surface area contributed by atoms with E-state index in [9.17, 15) is 47.9 Å². The molecule has 0 saturated carbocycles. The lowest BCUT2D eigenvalue weighted by Crippen LogP contribution is -2.58. The Kier molecular flexibility index (Phi) is 21.7. The fraction of sp³-hybridized carbons (Fsp3) is 0.564. The number of nitrogens with zero attached hydrogens (tertiary/aromatic N) is 1. The van der Waals surface area contributed by atoms with Gasteiger partial charge in [-0.05, 0) is 87.3 Å². The van der Waals surface area contributed by atoms with Crippen LogP contribution in [0.25, 0.3) is 0 Å². The minimum Gasteiger partial charge on any atom is -0.495 e. The fourth-order valence-corrected chi connectivity index (χ4v) is 8.93. The van der Waals surface area contributed by atoms with Gasteiger partial charge in [-0.1, -0.05) is 82.6 Å². The number of imide groups is 1. The number of cyclic esters (lactones) is 1. The lowest BCUT2D eigenvalue weighted by Gasteiger charge is -2.34. The number of carbonyl (C=O) groups is 10. The number of amides is 8. The molecule has 0 radical (unpaired) electrons. The van der Waals surface area contributed by atoms with Crippen LogP contribution in [0.2, 0.25) is 5.02 Å². The molecule has 21 nitrogen and oxygen atoms in total. The third-order valence-corrected chi connectivity index (χ3v) is 14.2. The van der Waals surface area contributed by atoms with Gasteiger partial charge in [0, 0.05) is 57.0 Å². The number of hydroxylamine groups is 2. The summed E-state index contributed by atoms with van der Waals surface area (Å²) in [6, 6.07) is 7.64. The van der Waals surface area contributed by atoms with Crippen LogP contribution in [0.5, 0.6) is 5.75 Å². The van der Waals surface area contributed by atoms with Crippen LogP contribution in [-0.4, -0.2) is 114 Å². The number of nitrogens with one attached hydrogen (secondary N) is 6. The zero-order chi connectivity index (χ0) is 56.9. The molecule has 3 aliphatic rings. The van der Waals surface area contributed by atoms with Gasteiger partial charge in [-0.15, -0.1) is 5.06 Å². The quantitative estimate of drug-likeness (QED) is 0.0618. The van der Waals surface area contributed by atoms with E-state index in [1.54, 1.807) is 58.9 Å². The van der Waals surface area contributed by atoms with Crippen molar-refractivity contribution in [2.24, 2.45) is 23.2 Å². The van der Waals surface area contributed by atoms with Crippen molar-refractivity contribution in [3.8, 4) is 5.75 Å². The van der Waals surface area contributed by atoms with Gasteiger partial charge in [0.05, 0.1) is 23.7 Å². The number of halogens is 1. The summed E-state index contributed by atoms with van der Waals surface area (Å²) >= 11 is 6.40. The highest BCUT2D eigenvalue weighted by atomic mass is 35.5. The van der Waals surface area contributed by atoms with Crippen LogP contribution >= 0.6 is 11.6 Å². The van der Waals surface area contributed by atoms with E-state index in [4.69, 9.17) is 30.6 Å². The molecule has 2 saturated heterocycles. The normalized spacial score (nSPS) is 23.6. The molecule has 2 fully saturated rings. The molecule has 0 aromatic heterocycles. The summed E-state index contributed by atoms with van der Waals surface area (Å²) in [5, 5.41) is 17.5. The molecule has 0 spiro atoms. The number of ether oxygens (including phenoxy) is 3. The second-order valence-corrected chi connectivity index (χ2v) is 21.6. The molecular formula is C55H74ClN7O14. The Morgan fingerprint density at radius 2 is 1.51 bits per heavy atom. The zero-order valence-electron chi connectivity index (χ0n) is 45.5. The highest BCUT2D eigenvalue weighted by Crippen LogP contribution is 2.45. The van der Waals surface area contributed by atoms with E-state index in [1.165, 1.54) is 20.1 Å². The van der Waals surface area contributed by atoms with E-state index in [2.05, 4.69) is 31.9 Å². The predicted octanol–water partition coefficient (Wildman–Crippen LogP) is 4.12. The minimum atomic E-state index is -1.21. The summed E-state index contributed by atoms with van der Waals surface area (Å²) in [6.45, 7) is 15.8. The third kappa shape index (κ3) is 17.3. The molecule has 9 atom stereocenters. The second kappa shape index (κ2) is 27.4. The van der Waals surface area contributed by atoms with Crippen molar-refractivity contribution in [3.05, 3.63) is 76.3 Å². The van der Waals surface area contributed by atoms with E-state index >= 15 is 0 Å². The molecular weight excluding hydrogens is 1020 g/mol. The lowest BCUT2D eigenvalue weighted by molar-refractivity contribution is -0.197. The Bertz CT molecular complexity index is 2540.